The highest BCUT2D eigenvalue weighted by atomic mass is 16.2. The predicted molar refractivity (Wildman–Crippen MR) is 93.1 cm³/mol. The molecule has 0 aromatic heterocycles. The van der Waals surface area contributed by atoms with Crippen molar-refractivity contribution in [1.29, 1.82) is 0 Å². The SMILES string of the molecule is C/C=C(\NN1CCCCC1)[C@H]1C(=O)NC(=O)N(C2CCCCC2)C1=O. The molecule has 1 saturated carbocycles. The molecule has 3 fully saturated rings. The summed E-state index contributed by atoms with van der Waals surface area (Å²) in [5.74, 6) is -1.88. The molecular formula is C18H28N4O3. The summed E-state index contributed by atoms with van der Waals surface area (Å²) in [6.45, 7) is 3.60. The molecule has 0 radical (unpaired) electrons. The number of barbiturate groups is 1. The Morgan fingerprint density at radius 2 is 1.68 bits per heavy atom. The Morgan fingerprint density at radius 3 is 2.32 bits per heavy atom. The molecule has 7 nitrogen and oxygen atoms in total. The van der Waals surface area contributed by atoms with Gasteiger partial charge in [-0.3, -0.25) is 19.8 Å². The van der Waals surface area contributed by atoms with Crippen LogP contribution in [0.4, 0.5) is 4.79 Å². The number of imide groups is 2. The zero-order chi connectivity index (χ0) is 17.8. The lowest BCUT2D eigenvalue weighted by molar-refractivity contribution is -0.143. The van der Waals surface area contributed by atoms with Crippen molar-refractivity contribution in [3.8, 4) is 0 Å². The van der Waals surface area contributed by atoms with Gasteiger partial charge in [-0.2, -0.15) is 0 Å². The average molecular weight is 348 g/mol. The van der Waals surface area contributed by atoms with Gasteiger partial charge >= 0.3 is 6.03 Å². The molecule has 0 aromatic rings. The van der Waals surface area contributed by atoms with Crippen molar-refractivity contribution in [3.63, 3.8) is 0 Å². The number of urea groups is 1. The molecule has 0 unspecified atom stereocenters. The number of carbonyl (C=O) groups is 3. The van der Waals surface area contributed by atoms with E-state index in [1.54, 1.807) is 6.08 Å². The number of nitrogens with zero attached hydrogens (tertiary/aromatic N) is 2. The van der Waals surface area contributed by atoms with Gasteiger partial charge in [0, 0.05) is 24.8 Å². The lowest BCUT2D eigenvalue weighted by atomic mass is 9.91. The van der Waals surface area contributed by atoms with Gasteiger partial charge in [0.05, 0.1) is 0 Å². The number of hydrazine groups is 1. The smallest absolute Gasteiger partial charge is 0.322 e. The van der Waals surface area contributed by atoms with E-state index >= 15 is 0 Å². The lowest BCUT2D eigenvalue weighted by Crippen LogP contribution is -2.62. The third-order valence-electron chi connectivity index (χ3n) is 5.40. The summed E-state index contributed by atoms with van der Waals surface area (Å²) in [6.07, 6.45) is 9.99. The fraction of sp³-hybridized carbons (Fsp3) is 0.722. The first-order valence-electron chi connectivity index (χ1n) is 9.47. The van der Waals surface area contributed by atoms with Crippen LogP contribution in [-0.2, 0) is 9.59 Å². The molecule has 0 bridgehead atoms. The summed E-state index contributed by atoms with van der Waals surface area (Å²) in [5, 5.41) is 4.44. The number of rotatable bonds is 4. The summed E-state index contributed by atoms with van der Waals surface area (Å²) < 4.78 is 0. The normalized spacial score (nSPS) is 27.4. The molecule has 0 spiro atoms. The molecule has 7 heteroatoms. The first-order valence-corrected chi connectivity index (χ1v) is 9.47. The summed E-state index contributed by atoms with van der Waals surface area (Å²) in [4.78, 5) is 39.0. The third-order valence-corrected chi connectivity index (χ3v) is 5.40. The van der Waals surface area contributed by atoms with E-state index in [-0.39, 0.29) is 6.04 Å². The predicted octanol–water partition coefficient (Wildman–Crippen LogP) is 1.91. The lowest BCUT2D eigenvalue weighted by Gasteiger charge is -2.39. The summed E-state index contributed by atoms with van der Waals surface area (Å²) in [7, 11) is 0. The van der Waals surface area contributed by atoms with Gasteiger partial charge in [-0.1, -0.05) is 31.8 Å². The molecule has 2 aliphatic heterocycles. The van der Waals surface area contributed by atoms with Gasteiger partial charge in [0.15, 0.2) is 5.92 Å². The Hall–Kier alpha value is -1.89. The van der Waals surface area contributed by atoms with E-state index in [4.69, 9.17) is 0 Å². The molecule has 3 aliphatic rings. The first kappa shape index (κ1) is 17.9. The van der Waals surface area contributed by atoms with E-state index in [0.29, 0.717) is 5.70 Å². The largest absolute Gasteiger partial charge is 0.331 e. The molecule has 2 N–H and O–H groups in total. The van der Waals surface area contributed by atoms with Crippen molar-refractivity contribution in [2.75, 3.05) is 13.1 Å². The van der Waals surface area contributed by atoms with Crippen molar-refractivity contribution in [2.45, 2.75) is 64.3 Å². The number of allylic oxidation sites excluding steroid dienone is 1. The van der Waals surface area contributed by atoms with Crippen molar-refractivity contribution in [3.05, 3.63) is 11.8 Å². The molecule has 4 amide bonds. The van der Waals surface area contributed by atoms with Gasteiger partial charge < -0.3 is 5.43 Å². The van der Waals surface area contributed by atoms with E-state index in [1.165, 1.54) is 11.3 Å². The van der Waals surface area contributed by atoms with Crippen LogP contribution < -0.4 is 10.7 Å². The Bertz CT molecular complexity index is 563. The number of amides is 4. The first-order chi connectivity index (χ1) is 12.1. The second kappa shape index (κ2) is 7.99. The van der Waals surface area contributed by atoms with E-state index in [9.17, 15) is 14.4 Å². The molecule has 138 valence electrons. The monoisotopic (exact) mass is 348 g/mol. The molecular weight excluding hydrogens is 320 g/mol. The van der Waals surface area contributed by atoms with E-state index in [1.807, 2.05) is 6.92 Å². The molecule has 3 rings (SSSR count). The maximum absolute atomic E-state index is 13.0. The van der Waals surface area contributed by atoms with Crippen LogP contribution >= 0.6 is 0 Å². The quantitative estimate of drug-likeness (QED) is 0.759. The van der Waals surface area contributed by atoms with Crippen LogP contribution in [0.2, 0.25) is 0 Å². The van der Waals surface area contributed by atoms with E-state index in [0.717, 1.165) is 58.0 Å². The fourth-order valence-corrected chi connectivity index (χ4v) is 4.03. The third kappa shape index (κ3) is 3.86. The minimum Gasteiger partial charge on any atom is -0.322 e. The number of hydrogen-bond acceptors (Lipinski definition) is 5. The average Bonchev–Trinajstić information content (AvgIpc) is 2.62. The summed E-state index contributed by atoms with van der Waals surface area (Å²) in [5.41, 5.74) is 3.82. The van der Waals surface area contributed by atoms with Gasteiger partial charge in [-0.25, -0.2) is 9.80 Å². The fourth-order valence-electron chi connectivity index (χ4n) is 4.03. The van der Waals surface area contributed by atoms with Gasteiger partial charge in [0.1, 0.15) is 0 Å². The van der Waals surface area contributed by atoms with Crippen molar-refractivity contribution in [2.24, 2.45) is 5.92 Å². The van der Waals surface area contributed by atoms with Gasteiger partial charge in [-0.15, -0.1) is 0 Å². The topological polar surface area (TPSA) is 81.8 Å². The molecule has 25 heavy (non-hydrogen) atoms. The van der Waals surface area contributed by atoms with Crippen molar-refractivity contribution in [1.82, 2.24) is 20.7 Å². The van der Waals surface area contributed by atoms with E-state index in [2.05, 4.69) is 15.8 Å². The van der Waals surface area contributed by atoms with Crippen LogP contribution in [0.5, 0.6) is 0 Å². The highest BCUT2D eigenvalue weighted by Gasteiger charge is 2.45. The number of hydrogen-bond donors (Lipinski definition) is 2. The number of carbonyl (C=O) groups excluding carboxylic acids is 3. The van der Waals surface area contributed by atoms with Crippen LogP contribution in [0.3, 0.4) is 0 Å². The summed E-state index contributed by atoms with van der Waals surface area (Å²) >= 11 is 0. The Morgan fingerprint density at radius 1 is 1.04 bits per heavy atom. The van der Waals surface area contributed by atoms with Crippen LogP contribution in [0.15, 0.2) is 11.8 Å². The molecule has 0 aromatic carbocycles. The highest BCUT2D eigenvalue weighted by Crippen LogP contribution is 2.27. The highest BCUT2D eigenvalue weighted by molar-refractivity contribution is 6.17. The minimum atomic E-state index is -0.966. The molecule has 1 aliphatic carbocycles. The Kier molecular flexibility index (Phi) is 5.73. The van der Waals surface area contributed by atoms with Crippen LogP contribution in [0.1, 0.15) is 58.3 Å². The number of piperidine rings is 1. The summed E-state index contributed by atoms with van der Waals surface area (Å²) in [6, 6.07) is -0.656. The minimum absolute atomic E-state index is 0.0926. The maximum atomic E-state index is 13.0. The zero-order valence-corrected chi connectivity index (χ0v) is 14.9. The van der Waals surface area contributed by atoms with Crippen molar-refractivity contribution >= 4 is 17.8 Å². The van der Waals surface area contributed by atoms with Crippen LogP contribution in [0, 0.1) is 5.92 Å². The molecule has 2 heterocycles. The van der Waals surface area contributed by atoms with Crippen LogP contribution in [0.25, 0.3) is 0 Å². The van der Waals surface area contributed by atoms with Gasteiger partial charge in [0.2, 0.25) is 11.8 Å². The second-order valence-electron chi connectivity index (χ2n) is 7.13. The second-order valence-corrected chi connectivity index (χ2v) is 7.13. The Labute approximate surface area is 148 Å². The van der Waals surface area contributed by atoms with E-state index < -0.39 is 23.8 Å². The standard InChI is InChI=1S/C18H28N4O3/c1-2-14(20-21-11-7-4-8-12-21)15-16(23)19-18(25)22(17(15)24)13-9-5-3-6-10-13/h2,13,15,20H,3-12H2,1H3,(H,19,23,25)/b14-2-/t15-/m0/s1. The van der Waals surface area contributed by atoms with Gasteiger partial charge in [0.25, 0.3) is 0 Å². The molecule has 1 atom stereocenters. The maximum Gasteiger partial charge on any atom is 0.331 e. The van der Waals surface area contributed by atoms with Crippen molar-refractivity contribution < 1.29 is 14.4 Å². The van der Waals surface area contributed by atoms with Crippen LogP contribution in [-0.4, -0.2) is 46.9 Å². The molecule has 2 saturated heterocycles. The Balaban J connectivity index is 1.76. The number of nitrogens with one attached hydrogen (secondary N) is 2. The zero-order valence-electron chi connectivity index (χ0n) is 14.9. The van der Waals surface area contributed by atoms with Gasteiger partial charge in [-0.05, 0) is 32.6 Å².